The molecule has 9 heteroatoms. The summed E-state index contributed by atoms with van der Waals surface area (Å²) in [6, 6.07) is 17.0. The van der Waals surface area contributed by atoms with E-state index in [2.05, 4.69) is 33.1 Å². The Bertz CT molecular complexity index is 1420. The molecule has 0 fully saturated rings. The van der Waals surface area contributed by atoms with Crippen molar-refractivity contribution in [1.29, 1.82) is 0 Å². The van der Waals surface area contributed by atoms with Gasteiger partial charge in [-0.15, -0.1) is 11.3 Å². The molecule has 4 aromatic rings. The highest BCUT2D eigenvalue weighted by Crippen LogP contribution is 2.34. The lowest BCUT2D eigenvalue weighted by Crippen LogP contribution is -2.30. The first-order chi connectivity index (χ1) is 16.5. The van der Waals surface area contributed by atoms with Crippen molar-refractivity contribution in [2.24, 2.45) is 0 Å². The largest absolute Gasteiger partial charge is 0.325 e. The van der Waals surface area contributed by atoms with Crippen LogP contribution in [0.4, 0.5) is 5.69 Å². The first-order valence-corrected chi connectivity index (χ1v) is 13.7. The predicted molar refractivity (Wildman–Crippen MR) is 143 cm³/mol. The molecule has 0 radical (unpaired) electrons. The number of carbonyl (C=O) groups is 1. The zero-order chi connectivity index (χ0) is 23.7. The Morgan fingerprint density at radius 3 is 2.79 bits per heavy atom. The van der Waals surface area contributed by atoms with E-state index in [4.69, 9.17) is 4.98 Å². The number of carbonyl (C=O) groups excluding carboxylic acids is 1. The van der Waals surface area contributed by atoms with Gasteiger partial charge in [-0.3, -0.25) is 19.1 Å². The fraction of sp³-hybridized carbons (Fsp3) is 0.240. The van der Waals surface area contributed by atoms with Gasteiger partial charge in [-0.2, -0.15) is 0 Å². The van der Waals surface area contributed by atoms with Gasteiger partial charge in [0.15, 0.2) is 5.16 Å². The Labute approximate surface area is 214 Å². The monoisotopic (exact) mass is 554 g/mol. The van der Waals surface area contributed by atoms with Gasteiger partial charge < -0.3 is 5.32 Å². The second-order valence-electron chi connectivity index (χ2n) is 8.02. The summed E-state index contributed by atoms with van der Waals surface area (Å²) in [5.41, 5.74) is 2.54. The Balaban J connectivity index is 1.51. The molecule has 1 aliphatic heterocycles. The zero-order valence-corrected chi connectivity index (χ0v) is 21.8. The Kier molecular flexibility index (Phi) is 6.87. The number of hydrogen-bond acceptors (Lipinski definition) is 6. The van der Waals surface area contributed by atoms with E-state index >= 15 is 0 Å². The Hall–Kier alpha value is -2.46. The van der Waals surface area contributed by atoms with Crippen molar-refractivity contribution in [3.05, 3.63) is 79.9 Å². The van der Waals surface area contributed by atoms with Gasteiger partial charge in [-0.1, -0.05) is 58.9 Å². The highest BCUT2D eigenvalue weighted by molar-refractivity contribution is 9.10. The fourth-order valence-electron chi connectivity index (χ4n) is 4.14. The van der Waals surface area contributed by atoms with Gasteiger partial charge in [0.1, 0.15) is 4.83 Å². The van der Waals surface area contributed by atoms with Gasteiger partial charge in [0.05, 0.1) is 16.8 Å². The van der Waals surface area contributed by atoms with Gasteiger partial charge in [0.25, 0.3) is 5.56 Å². The van der Waals surface area contributed by atoms with Crippen molar-refractivity contribution in [2.45, 2.75) is 25.0 Å². The average Bonchev–Trinajstić information content (AvgIpc) is 3.21. The number of aromatic nitrogens is 2. The first kappa shape index (κ1) is 23.3. The minimum absolute atomic E-state index is 0.0615. The predicted octanol–water partition coefficient (Wildman–Crippen LogP) is 5.32. The van der Waals surface area contributed by atoms with Crippen molar-refractivity contribution < 1.29 is 4.79 Å². The second-order valence-corrected chi connectivity index (χ2v) is 11.0. The molecule has 5 rings (SSSR count). The van der Waals surface area contributed by atoms with Gasteiger partial charge in [-0.25, -0.2) is 4.98 Å². The fourth-order valence-corrected chi connectivity index (χ4v) is 6.66. The van der Waals surface area contributed by atoms with E-state index in [0.717, 1.165) is 57.7 Å². The van der Waals surface area contributed by atoms with Gasteiger partial charge in [-0.05, 0) is 48.9 Å². The van der Waals surface area contributed by atoms with Crippen LogP contribution in [-0.4, -0.2) is 39.2 Å². The molecular formula is C25H23BrN4O2S2. The molecule has 0 saturated heterocycles. The number of halogens is 1. The van der Waals surface area contributed by atoms with E-state index in [9.17, 15) is 9.59 Å². The zero-order valence-electron chi connectivity index (χ0n) is 18.6. The molecule has 0 spiro atoms. The number of thioether (sulfide) groups is 1. The summed E-state index contributed by atoms with van der Waals surface area (Å²) in [7, 11) is 0. The molecule has 0 bridgehead atoms. The van der Waals surface area contributed by atoms with E-state index < -0.39 is 0 Å². The van der Waals surface area contributed by atoms with Gasteiger partial charge in [0.2, 0.25) is 5.91 Å². The van der Waals surface area contributed by atoms with E-state index in [1.807, 2.05) is 54.6 Å². The molecular weight excluding hydrogens is 532 g/mol. The van der Waals surface area contributed by atoms with Crippen molar-refractivity contribution in [1.82, 2.24) is 14.5 Å². The number of amides is 1. The number of fused-ring (bicyclic) bond motifs is 3. The number of nitrogens with one attached hydrogen (secondary N) is 1. The number of rotatable bonds is 6. The molecule has 3 heterocycles. The van der Waals surface area contributed by atoms with Crippen LogP contribution in [-0.2, 0) is 17.8 Å². The van der Waals surface area contributed by atoms with Crippen molar-refractivity contribution in [2.75, 3.05) is 24.2 Å². The third-order valence-corrected chi connectivity index (χ3v) is 8.37. The molecule has 0 aliphatic carbocycles. The van der Waals surface area contributed by atoms with Crippen LogP contribution in [0.2, 0.25) is 0 Å². The number of thiophene rings is 1. The lowest BCUT2D eigenvalue weighted by molar-refractivity contribution is -0.113. The summed E-state index contributed by atoms with van der Waals surface area (Å²) in [6.07, 6.45) is 0.858. The third kappa shape index (κ3) is 4.70. The topological polar surface area (TPSA) is 67.2 Å². The quantitative estimate of drug-likeness (QED) is 0.258. The average molecular weight is 556 g/mol. The Morgan fingerprint density at radius 2 is 2.03 bits per heavy atom. The number of nitrogens with zero attached hydrogens (tertiary/aromatic N) is 3. The molecule has 2 aromatic carbocycles. The lowest BCUT2D eigenvalue weighted by atomic mass is 10.1. The second kappa shape index (κ2) is 10.0. The summed E-state index contributed by atoms with van der Waals surface area (Å²) >= 11 is 6.30. The van der Waals surface area contributed by atoms with Crippen LogP contribution in [0, 0.1) is 0 Å². The number of benzene rings is 2. The number of anilines is 1. The normalized spacial score (nSPS) is 13.7. The minimum Gasteiger partial charge on any atom is -0.325 e. The highest BCUT2D eigenvalue weighted by atomic mass is 79.9. The van der Waals surface area contributed by atoms with Crippen LogP contribution in [0.3, 0.4) is 0 Å². The maximum atomic E-state index is 13.8. The summed E-state index contributed by atoms with van der Waals surface area (Å²) in [5.74, 6) is -0.00690. The van der Waals surface area contributed by atoms with Gasteiger partial charge >= 0.3 is 0 Å². The number of para-hydroxylation sites is 1. The lowest BCUT2D eigenvalue weighted by Gasteiger charge is -2.25. The van der Waals surface area contributed by atoms with Crippen LogP contribution >= 0.6 is 39.0 Å². The summed E-state index contributed by atoms with van der Waals surface area (Å²) in [5, 5.41) is 4.16. The first-order valence-electron chi connectivity index (χ1n) is 11.1. The van der Waals surface area contributed by atoms with Crippen molar-refractivity contribution >= 4 is 60.8 Å². The minimum atomic E-state index is -0.152. The standard InChI is InChI=1S/C25H23BrN4O2S2/c1-2-29-12-11-19-20(14-29)34-23-22(19)24(32)30(18-9-4-3-5-10-18)25(28-23)33-15-21(31)27-17-8-6-7-16(26)13-17/h3-10,13H,2,11-12,14-15H2,1H3,(H,27,31). The van der Waals surface area contributed by atoms with E-state index in [-0.39, 0.29) is 17.2 Å². The van der Waals surface area contributed by atoms with Crippen LogP contribution in [0.5, 0.6) is 0 Å². The molecule has 1 N–H and O–H groups in total. The molecule has 34 heavy (non-hydrogen) atoms. The molecule has 0 saturated carbocycles. The molecule has 1 aliphatic rings. The maximum absolute atomic E-state index is 13.8. The highest BCUT2D eigenvalue weighted by Gasteiger charge is 2.25. The SMILES string of the molecule is CCN1CCc2c(sc3nc(SCC(=O)Nc4cccc(Br)c4)n(-c4ccccc4)c(=O)c23)C1. The van der Waals surface area contributed by atoms with E-state index in [1.165, 1.54) is 16.6 Å². The summed E-state index contributed by atoms with van der Waals surface area (Å²) in [6.45, 7) is 4.96. The van der Waals surface area contributed by atoms with Crippen LogP contribution in [0.1, 0.15) is 17.4 Å². The molecule has 1 amide bonds. The molecule has 6 nitrogen and oxygen atoms in total. The van der Waals surface area contributed by atoms with Crippen LogP contribution in [0.15, 0.2) is 69.0 Å². The molecule has 0 unspecified atom stereocenters. The Morgan fingerprint density at radius 1 is 1.21 bits per heavy atom. The summed E-state index contributed by atoms with van der Waals surface area (Å²) < 4.78 is 2.55. The van der Waals surface area contributed by atoms with Crippen LogP contribution in [0.25, 0.3) is 15.9 Å². The molecule has 174 valence electrons. The number of hydrogen-bond donors (Lipinski definition) is 1. The van der Waals surface area contributed by atoms with E-state index in [1.54, 1.807) is 15.9 Å². The van der Waals surface area contributed by atoms with Crippen molar-refractivity contribution in [3.63, 3.8) is 0 Å². The summed E-state index contributed by atoms with van der Waals surface area (Å²) in [4.78, 5) is 35.7. The van der Waals surface area contributed by atoms with Crippen molar-refractivity contribution in [3.8, 4) is 5.69 Å². The molecule has 2 aromatic heterocycles. The number of likely N-dealkylation sites (N-methyl/N-ethyl adjacent to an activating group) is 1. The molecule has 0 atom stereocenters. The van der Waals surface area contributed by atoms with Gasteiger partial charge in [0, 0.05) is 28.1 Å². The van der Waals surface area contributed by atoms with Crippen LogP contribution < -0.4 is 10.9 Å². The smallest absolute Gasteiger partial charge is 0.267 e. The van der Waals surface area contributed by atoms with E-state index in [0.29, 0.717) is 5.16 Å². The third-order valence-electron chi connectivity index (χ3n) is 5.83. The maximum Gasteiger partial charge on any atom is 0.267 e.